The first kappa shape index (κ1) is 14.9. The summed E-state index contributed by atoms with van der Waals surface area (Å²) in [7, 11) is -3.65. The van der Waals surface area contributed by atoms with Crippen molar-refractivity contribution in [3.05, 3.63) is 52.0 Å². The highest BCUT2D eigenvalue weighted by atomic mass is 79.9. The van der Waals surface area contributed by atoms with Gasteiger partial charge in [-0.1, -0.05) is 15.9 Å². The zero-order valence-electron chi connectivity index (χ0n) is 11.0. The van der Waals surface area contributed by atoms with Crippen LogP contribution in [0.4, 0.5) is 5.69 Å². The number of hydrogen-bond acceptors (Lipinski definition) is 3. The van der Waals surface area contributed by atoms with Crippen molar-refractivity contribution in [3.8, 4) is 5.75 Å². The molecule has 0 fully saturated rings. The molecule has 2 rings (SSSR count). The van der Waals surface area contributed by atoms with E-state index in [1.807, 2.05) is 6.92 Å². The van der Waals surface area contributed by atoms with Gasteiger partial charge in [0.15, 0.2) is 0 Å². The predicted molar refractivity (Wildman–Crippen MR) is 82.5 cm³/mol. The van der Waals surface area contributed by atoms with Gasteiger partial charge < -0.3 is 5.11 Å². The first-order valence-corrected chi connectivity index (χ1v) is 8.16. The van der Waals surface area contributed by atoms with E-state index in [4.69, 9.17) is 0 Å². The second kappa shape index (κ2) is 5.46. The van der Waals surface area contributed by atoms with E-state index < -0.39 is 10.0 Å². The summed E-state index contributed by atoms with van der Waals surface area (Å²) in [6.45, 7) is 3.58. The molecule has 0 heterocycles. The number of phenols is 1. The molecule has 0 amide bonds. The molecule has 0 bridgehead atoms. The summed E-state index contributed by atoms with van der Waals surface area (Å²) < 4.78 is 28.1. The molecule has 6 heteroatoms. The Morgan fingerprint density at radius 3 is 2.25 bits per heavy atom. The van der Waals surface area contributed by atoms with E-state index in [-0.39, 0.29) is 10.6 Å². The zero-order chi connectivity index (χ0) is 14.9. The standard InChI is InChI=1S/C14H14BrNO3S/c1-9-8-14(10(2)7-13(9)15)20(18,19)16-11-3-5-12(17)6-4-11/h3-8,16-17H,1-2H3. The summed E-state index contributed by atoms with van der Waals surface area (Å²) in [4.78, 5) is 0.242. The Bertz CT molecular complexity index is 740. The molecule has 0 saturated carbocycles. The highest BCUT2D eigenvalue weighted by Gasteiger charge is 2.18. The molecule has 20 heavy (non-hydrogen) atoms. The van der Waals surface area contributed by atoms with Crippen LogP contribution in [0.2, 0.25) is 0 Å². The number of nitrogens with one attached hydrogen (secondary N) is 1. The van der Waals surface area contributed by atoms with Gasteiger partial charge in [-0.25, -0.2) is 8.42 Å². The molecule has 0 saturated heterocycles. The average Bonchev–Trinajstić information content (AvgIpc) is 2.36. The van der Waals surface area contributed by atoms with Crippen LogP contribution >= 0.6 is 15.9 Å². The largest absolute Gasteiger partial charge is 0.508 e. The minimum absolute atomic E-state index is 0.0867. The Hall–Kier alpha value is -1.53. The maximum atomic E-state index is 12.4. The summed E-state index contributed by atoms with van der Waals surface area (Å²) in [6.07, 6.45) is 0. The molecule has 0 aromatic heterocycles. The van der Waals surface area contributed by atoms with Crippen LogP contribution in [-0.4, -0.2) is 13.5 Å². The quantitative estimate of drug-likeness (QED) is 0.827. The van der Waals surface area contributed by atoms with E-state index in [0.29, 0.717) is 11.3 Å². The van der Waals surface area contributed by atoms with E-state index in [1.165, 1.54) is 24.3 Å². The Kier molecular flexibility index (Phi) is 4.06. The van der Waals surface area contributed by atoms with E-state index in [0.717, 1.165) is 10.0 Å². The molecule has 0 atom stereocenters. The van der Waals surface area contributed by atoms with Gasteiger partial charge in [-0.3, -0.25) is 4.72 Å². The average molecular weight is 356 g/mol. The molecule has 0 radical (unpaired) electrons. The predicted octanol–water partition coefficient (Wildman–Crippen LogP) is 3.57. The smallest absolute Gasteiger partial charge is 0.262 e. The van der Waals surface area contributed by atoms with E-state index in [2.05, 4.69) is 20.7 Å². The minimum atomic E-state index is -3.65. The lowest BCUT2D eigenvalue weighted by Crippen LogP contribution is -2.14. The van der Waals surface area contributed by atoms with Crippen LogP contribution in [0.3, 0.4) is 0 Å². The normalized spacial score (nSPS) is 11.3. The van der Waals surface area contributed by atoms with Gasteiger partial charge in [0.2, 0.25) is 0 Å². The summed E-state index contributed by atoms with van der Waals surface area (Å²) in [5.74, 6) is 0.0867. The lowest BCUT2D eigenvalue weighted by Gasteiger charge is -2.12. The first-order valence-electron chi connectivity index (χ1n) is 5.88. The molecule has 4 nitrogen and oxygen atoms in total. The topological polar surface area (TPSA) is 66.4 Å². The molecule has 0 spiro atoms. The van der Waals surface area contributed by atoms with Crippen molar-refractivity contribution in [1.82, 2.24) is 0 Å². The van der Waals surface area contributed by atoms with Crippen molar-refractivity contribution in [2.45, 2.75) is 18.7 Å². The monoisotopic (exact) mass is 355 g/mol. The van der Waals surface area contributed by atoms with Crippen LogP contribution in [0.25, 0.3) is 0 Å². The number of phenolic OH excluding ortho intramolecular Hbond substituents is 1. The van der Waals surface area contributed by atoms with Gasteiger partial charge in [-0.15, -0.1) is 0 Å². The number of halogens is 1. The molecular weight excluding hydrogens is 342 g/mol. The second-order valence-corrected chi connectivity index (χ2v) is 7.02. The van der Waals surface area contributed by atoms with Gasteiger partial charge in [0.1, 0.15) is 5.75 Å². The summed E-state index contributed by atoms with van der Waals surface area (Å²) in [5.41, 5.74) is 1.92. The Balaban J connectivity index is 2.40. The van der Waals surface area contributed by atoms with Crippen LogP contribution in [-0.2, 0) is 10.0 Å². The fourth-order valence-electron chi connectivity index (χ4n) is 1.78. The third-order valence-corrected chi connectivity index (χ3v) is 5.24. The lowest BCUT2D eigenvalue weighted by molar-refractivity contribution is 0.475. The highest BCUT2D eigenvalue weighted by Crippen LogP contribution is 2.26. The Morgan fingerprint density at radius 2 is 1.65 bits per heavy atom. The van der Waals surface area contributed by atoms with Gasteiger partial charge in [0.05, 0.1) is 4.90 Å². The van der Waals surface area contributed by atoms with Crippen LogP contribution < -0.4 is 4.72 Å². The number of aromatic hydroxyl groups is 1. The van der Waals surface area contributed by atoms with Gasteiger partial charge in [0, 0.05) is 10.2 Å². The highest BCUT2D eigenvalue weighted by molar-refractivity contribution is 9.10. The Morgan fingerprint density at radius 1 is 1.05 bits per heavy atom. The number of benzene rings is 2. The van der Waals surface area contributed by atoms with E-state index in [1.54, 1.807) is 19.1 Å². The van der Waals surface area contributed by atoms with Crippen molar-refractivity contribution >= 4 is 31.6 Å². The van der Waals surface area contributed by atoms with Crippen LogP contribution in [0.15, 0.2) is 45.8 Å². The van der Waals surface area contributed by atoms with Crippen molar-refractivity contribution in [1.29, 1.82) is 0 Å². The molecule has 0 unspecified atom stereocenters. The van der Waals surface area contributed by atoms with Gasteiger partial charge in [0.25, 0.3) is 10.0 Å². The van der Waals surface area contributed by atoms with Crippen molar-refractivity contribution in [2.75, 3.05) is 4.72 Å². The zero-order valence-corrected chi connectivity index (χ0v) is 13.4. The maximum absolute atomic E-state index is 12.4. The van der Waals surface area contributed by atoms with Crippen LogP contribution in [0.1, 0.15) is 11.1 Å². The second-order valence-electron chi connectivity index (χ2n) is 4.52. The van der Waals surface area contributed by atoms with E-state index in [9.17, 15) is 13.5 Å². The molecule has 2 N–H and O–H groups in total. The summed E-state index contributed by atoms with van der Waals surface area (Å²) >= 11 is 3.38. The maximum Gasteiger partial charge on any atom is 0.262 e. The van der Waals surface area contributed by atoms with Crippen LogP contribution in [0, 0.1) is 13.8 Å². The third-order valence-electron chi connectivity index (χ3n) is 2.87. The van der Waals surface area contributed by atoms with Crippen LogP contribution in [0.5, 0.6) is 5.75 Å². The SMILES string of the molecule is Cc1cc(S(=O)(=O)Nc2ccc(O)cc2)c(C)cc1Br. The molecule has 2 aromatic carbocycles. The molecule has 2 aromatic rings. The molecule has 0 aliphatic rings. The van der Waals surface area contributed by atoms with Crippen molar-refractivity contribution < 1.29 is 13.5 Å². The van der Waals surface area contributed by atoms with Gasteiger partial charge in [-0.2, -0.15) is 0 Å². The third kappa shape index (κ3) is 3.13. The summed E-state index contributed by atoms with van der Waals surface area (Å²) in [6, 6.07) is 9.28. The number of anilines is 1. The van der Waals surface area contributed by atoms with Crippen molar-refractivity contribution in [2.24, 2.45) is 0 Å². The first-order chi connectivity index (χ1) is 9.29. The van der Waals surface area contributed by atoms with Gasteiger partial charge in [-0.05, 0) is 61.4 Å². The minimum Gasteiger partial charge on any atom is -0.508 e. The molecule has 0 aliphatic carbocycles. The van der Waals surface area contributed by atoms with Crippen molar-refractivity contribution in [3.63, 3.8) is 0 Å². The fourth-order valence-corrected chi connectivity index (χ4v) is 3.61. The lowest BCUT2D eigenvalue weighted by atomic mass is 10.2. The number of aryl methyl sites for hydroxylation is 2. The van der Waals surface area contributed by atoms with Gasteiger partial charge >= 0.3 is 0 Å². The summed E-state index contributed by atoms with van der Waals surface area (Å²) in [5, 5.41) is 9.20. The number of sulfonamides is 1. The number of rotatable bonds is 3. The number of hydrogen-bond donors (Lipinski definition) is 2. The van der Waals surface area contributed by atoms with E-state index >= 15 is 0 Å². The Labute approximate surface area is 126 Å². The molecular formula is C14H14BrNO3S. The molecule has 0 aliphatic heterocycles. The molecule has 106 valence electrons. The fraction of sp³-hybridized carbons (Fsp3) is 0.143.